The van der Waals surface area contributed by atoms with E-state index in [0.717, 1.165) is 24.3 Å². The fourth-order valence-corrected chi connectivity index (χ4v) is 2.50. The summed E-state index contributed by atoms with van der Waals surface area (Å²) in [4.78, 5) is 11.6. The van der Waals surface area contributed by atoms with Gasteiger partial charge in [-0.2, -0.15) is 0 Å². The molecule has 0 radical (unpaired) electrons. The summed E-state index contributed by atoms with van der Waals surface area (Å²) in [6.45, 7) is 1.82. The first-order valence-electron chi connectivity index (χ1n) is 7.45. The Labute approximate surface area is 120 Å². The Hall–Kier alpha value is -1.55. The summed E-state index contributed by atoms with van der Waals surface area (Å²) < 4.78 is 5.95. The minimum absolute atomic E-state index is 0.0547. The predicted octanol–water partition coefficient (Wildman–Crippen LogP) is 3.07. The topological polar surface area (TPSA) is 64.4 Å². The van der Waals surface area contributed by atoms with Gasteiger partial charge in [-0.25, -0.2) is 0 Å². The summed E-state index contributed by atoms with van der Waals surface area (Å²) in [6, 6.07) is 7.45. The maximum atomic E-state index is 11.6. The molecule has 1 fully saturated rings. The van der Waals surface area contributed by atoms with E-state index in [4.69, 9.17) is 10.5 Å². The third-order valence-electron chi connectivity index (χ3n) is 3.50. The standard InChI is InChI=1S/C16H24N2O2/c1-12(17)11-16(19)18-13-7-9-15(10-8-13)20-14-5-3-2-4-6-14/h7-10,12,14H,2-6,11,17H2,1H3,(H,18,19). The number of benzene rings is 1. The lowest BCUT2D eigenvalue weighted by Crippen LogP contribution is -2.24. The molecule has 0 heterocycles. The molecule has 0 spiro atoms. The largest absolute Gasteiger partial charge is 0.490 e. The fourth-order valence-electron chi connectivity index (χ4n) is 2.50. The zero-order chi connectivity index (χ0) is 14.4. The number of nitrogens with two attached hydrogens (primary N) is 1. The quantitative estimate of drug-likeness (QED) is 0.868. The molecule has 1 aromatic carbocycles. The van der Waals surface area contributed by atoms with Crippen LogP contribution in [0.5, 0.6) is 5.75 Å². The molecule has 3 N–H and O–H groups in total. The molecule has 0 aromatic heterocycles. The fraction of sp³-hybridized carbons (Fsp3) is 0.562. The van der Waals surface area contributed by atoms with Crippen molar-refractivity contribution >= 4 is 11.6 Å². The smallest absolute Gasteiger partial charge is 0.225 e. The highest BCUT2D eigenvalue weighted by Gasteiger charge is 2.14. The first-order chi connectivity index (χ1) is 9.63. The molecule has 1 amide bonds. The van der Waals surface area contributed by atoms with Crippen molar-refractivity contribution in [2.45, 2.75) is 57.6 Å². The highest BCUT2D eigenvalue weighted by molar-refractivity contribution is 5.91. The maximum absolute atomic E-state index is 11.6. The highest BCUT2D eigenvalue weighted by atomic mass is 16.5. The van der Waals surface area contributed by atoms with Gasteiger partial charge in [0.2, 0.25) is 5.91 Å². The van der Waals surface area contributed by atoms with Crippen LogP contribution in [0.1, 0.15) is 45.4 Å². The Morgan fingerprint density at radius 1 is 1.30 bits per heavy atom. The Morgan fingerprint density at radius 2 is 1.95 bits per heavy atom. The number of ether oxygens (including phenoxy) is 1. The van der Waals surface area contributed by atoms with Crippen molar-refractivity contribution in [3.63, 3.8) is 0 Å². The van der Waals surface area contributed by atoms with Crippen LogP contribution in [0.3, 0.4) is 0 Å². The molecule has 1 atom stereocenters. The molecule has 0 saturated heterocycles. The zero-order valence-corrected chi connectivity index (χ0v) is 12.1. The summed E-state index contributed by atoms with van der Waals surface area (Å²) in [5.74, 6) is 0.822. The molecule has 1 aromatic rings. The normalized spacial score (nSPS) is 17.5. The van der Waals surface area contributed by atoms with Crippen LogP contribution in [0.4, 0.5) is 5.69 Å². The van der Waals surface area contributed by atoms with Crippen molar-refractivity contribution in [3.05, 3.63) is 24.3 Å². The van der Waals surface area contributed by atoms with Gasteiger partial charge in [0, 0.05) is 18.2 Å². The van der Waals surface area contributed by atoms with E-state index in [1.807, 2.05) is 31.2 Å². The van der Waals surface area contributed by atoms with E-state index in [0.29, 0.717) is 12.5 Å². The van der Waals surface area contributed by atoms with Crippen LogP contribution >= 0.6 is 0 Å². The van der Waals surface area contributed by atoms with Gasteiger partial charge in [0.15, 0.2) is 0 Å². The SMILES string of the molecule is CC(N)CC(=O)Nc1ccc(OC2CCCCC2)cc1. The van der Waals surface area contributed by atoms with Gasteiger partial charge in [0.05, 0.1) is 6.10 Å². The van der Waals surface area contributed by atoms with Crippen molar-refractivity contribution in [2.24, 2.45) is 5.73 Å². The number of hydrogen-bond acceptors (Lipinski definition) is 3. The van der Waals surface area contributed by atoms with Crippen LogP contribution in [0, 0.1) is 0 Å². The lowest BCUT2D eigenvalue weighted by Gasteiger charge is -2.23. The molecule has 0 aliphatic heterocycles. The number of anilines is 1. The molecule has 0 bridgehead atoms. The van der Waals surface area contributed by atoms with Gasteiger partial charge in [-0.1, -0.05) is 6.42 Å². The minimum atomic E-state index is -0.121. The van der Waals surface area contributed by atoms with Crippen LogP contribution in [0.25, 0.3) is 0 Å². The number of rotatable bonds is 5. The first-order valence-corrected chi connectivity index (χ1v) is 7.45. The summed E-state index contributed by atoms with van der Waals surface area (Å²) in [7, 11) is 0. The van der Waals surface area contributed by atoms with Gasteiger partial charge >= 0.3 is 0 Å². The monoisotopic (exact) mass is 276 g/mol. The van der Waals surface area contributed by atoms with Gasteiger partial charge in [0.25, 0.3) is 0 Å². The number of nitrogens with one attached hydrogen (secondary N) is 1. The third kappa shape index (κ3) is 4.85. The summed E-state index contributed by atoms with van der Waals surface area (Å²) in [5, 5.41) is 2.83. The van der Waals surface area contributed by atoms with Crippen molar-refractivity contribution in [3.8, 4) is 5.75 Å². The third-order valence-corrected chi connectivity index (χ3v) is 3.50. The number of carbonyl (C=O) groups is 1. The van der Waals surface area contributed by atoms with Crippen molar-refractivity contribution in [2.75, 3.05) is 5.32 Å². The molecule has 2 rings (SSSR count). The number of hydrogen-bond donors (Lipinski definition) is 2. The van der Waals surface area contributed by atoms with Crippen LogP contribution in [-0.2, 0) is 4.79 Å². The van der Waals surface area contributed by atoms with Crippen LogP contribution in [0.15, 0.2) is 24.3 Å². The summed E-state index contributed by atoms with van der Waals surface area (Å²) >= 11 is 0. The second-order valence-electron chi connectivity index (χ2n) is 5.63. The summed E-state index contributed by atoms with van der Waals surface area (Å²) in [6.07, 6.45) is 6.82. The lowest BCUT2D eigenvalue weighted by molar-refractivity contribution is -0.116. The molecule has 1 aliphatic rings. The molecule has 1 unspecified atom stereocenters. The molecule has 4 heteroatoms. The molecule has 20 heavy (non-hydrogen) atoms. The average molecular weight is 276 g/mol. The molecular weight excluding hydrogens is 252 g/mol. The van der Waals surface area contributed by atoms with Gasteiger partial charge in [0.1, 0.15) is 5.75 Å². The van der Waals surface area contributed by atoms with E-state index in [9.17, 15) is 4.79 Å². The Kier molecular flexibility index (Phi) is 5.41. The maximum Gasteiger partial charge on any atom is 0.225 e. The van der Waals surface area contributed by atoms with Gasteiger partial charge in [-0.3, -0.25) is 4.79 Å². The van der Waals surface area contributed by atoms with Crippen molar-refractivity contribution < 1.29 is 9.53 Å². The second kappa shape index (κ2) is 7.29. The van der Waals surface area contributed by atoms with Crippen LogP contribution in [-0.4, -0.2) is 18.1 Å². The zero-order valence-electron chi connectivity index (χ0n) is 12.1. The molecule has 1 saturated carbocycles. The highest BCUT2D eigenvalue weighted by Crippen LogP contribution is 2.24. The van der Waals surface area contributed by atoms with E-state index in [1.165, 1.54) is 19.3 Å². The lowest BCUT2D eigenvalue weighted by atomic mass is 9.98. The van der Waals surface area contributed by atoms with Gasteiger partial charge in [-0.05, 0) is 56.9 Å². The van der Waals surface area contributed by atoms with E-state index >= 15 is 0 Å². The molecule has 1 aliphatic carbocycles. The van der Waals surface area contributed by atoms with E-state index < -0.39 is 0 Å². The predicted molar refractivity (Wildman–Crippen MR) is 80.8 cm³/mol. The van der Waals surface area contributed by atoms with E-state index in [2.05, 4.69) is 5.32 Å². The van der Waals surface area contributed by atoms with Gasteiger partial charge < -0.3 is 15.8 Å². The molecule has 4 nitrogen and oxygen atoms in total. The average Bonchev–Trinajstić information content (AvgIpc) is 2.41. The number of carbonyl (C=O) groups excluding carboxylic acids is 1. The Balaban J connectivity index is 1.84. The molecular formula is C16H24N2O2. The van der Waals surface area contributed by atoms with Crippen LogP contribution in [0.2, 0.25) is 0 Å². The molecule has 110 valence electrons. The van der Waals surface area contributed by atoms with E-state index in [1.54, 1.807) is 0 Å². The van der Waals surface area contributed by atoms with Crippen molar-refractivity contribution in [1.29, 1.82) is 0 Å². The minimum Gasteiger partial charge on any atom is -0.490 e. The number of amides is 1. The Bertz CT molecular complexity index is 423. The van der Waals surface area contributed by atoms with Crippen LogP contribution < -0.4 is 15.8 Å². The second-order valence-corrected chi connectivity index (χ2v) is 5.63. The first kappa shape index (κ1) is 14.9. The van der Waals surface area contributed by atoms with Crippen molar-refractivity contribution in [1.82, 2.24) is 0 Å². The van der Waals surface area contributed by atoms with E-state index in [-0.39, 0.29) is 11.9 Å². The Morgan fingerprint density at radius 3 is 2.55 bits per heavy atom. The summed E-state index contributed by atoms with van der Waals surface area (Å²) in [5.41, 5.74) is 6.38. The van der Waals surface area contributed by atoms with Gasteiger partial charge in [-0.15, -0.1) is 0 Å².